The van der Waals surface area contributed by atoms with Crippen molar-refractivity contribution < 1.29 is 19.3 Å². The van der Waals surface area contributed by atoms with Crippen molar-refractivity contribution >= 4 is 34.6 Å². The molecule has 3 N–H and O–H groups in total. The van der Waals surface area contributed by atoms with Crippen molar-refractivity contribution in [2.45, 2.75) is 20.8 Å². The van der Waals surface area contributed by atoms with Gasteiger partial charge in [0.15, 0.2) is 0 Å². The molecule has 2 rings (SSSR count). The second-order valence-corrected chi connectivity index (χ2v) is 4.88. The third-order valence-corrected chi connectivity index (χ3v) is 2.93. The van der Waals surface area contributed by atoms with Crippen LogP contribution in [0.4, 0.5) is 5.95 Å². The highest BCUT2D eigenvalue weighted by atomic mass is 16.5. The SMILES string of the molecule is COc1ccc2nc([NH+]=C(NC(C)=O)NC(C)=O)nc(C)c2c1. The Morgan fingerprint density at radius 1 is 1.13 bits per heavy atom. The maximum absolute atomic E-state index is 11.2. The molecule has 2 amide bonds. The quantitative estimate of drug-likeness (QED) is 0.501. The molecular formula is C15H18N5O3+. The number of aromatic nitrogens is 2. The largest absolute Gasteiger partial charge is 0.497 e. The van der Waals surface area contributed by atoms with Gasteiger partial charge in [-0.1, -0.05) is 0 Å². The average Bonchev–Trinajstić information content (AvgIpc) is 2.45. The summed E-state index contributed by atoms with van der Waals surface area (Å²) in [5.74, 6) is 0.426. The molecule has 0 saturated carbocycles. The standard InChI is InChI=1S/C15H17N5O3/c1-8-12-7-11(23-4)5-6-13(12)19-14(16-8)20-15(17-9(2)21)18-10(3)22/h5-7H,1-4H3,(H2,16,17,18,19,20,21,22)/p+1. The summed E-state index contributed by atoms with van der Waals surface area (Å²) in [5, 5.41) is 5.82. The molecule has 0 bridgehead atoms. The molecule has 1 aromatic carbocycles. The van der Waals surface area contributed by atoms with Crippen molar-refractivity contribution in [3.05, 3.63) is 23.9 Å². The minimum Gasteiger partial charge on any atom is -0.497 e. The van der Waals surface area contributed by atoms with Gasteiger partial charge in [0, 0.05) is 19.2 Å². The van der Waals surface area contributed by atoms with E-state index in [0.717, 1.165) is 11.1 Å². The molecule has 1 heterocycles. The molecule has 0 aliphatic carbocycles. The van der Waals surface area contributed by atoms with Gasteiger partial charge in [0.1, 0.15) is 11.3 Å². The van der Waals surface area contributed by atoms with Gasteiger partial charge in [0.05, 0.1) is 12.8 Å². The van der Waals surface area contributed by atoms with E-state index >= 15 is 0 Å². The zero-order valence-corrected chi connectivity index (χ0v) is 13.4. The van der Waals surface area contributed by atoms with Crippen molar-refractivity contribution in [1.82, 2.24) is 20.6 Å². The zero-order chi connectivity index (χ0) is 17.0. The second-order valence-electron chi connectivity index (χ2n) is 4.88. The summed E-state index contributed by atoms with van der Waals surface area (Å²) < 4.78 is 5.19. The van der Waals surface area contributed by atoms with Crippen molar-refractivity contribution in [2.24, 2.45) is 0 Å². The highest BCUT2D eigenvalue weighted by molar-refractivity contribution is 6.01. The Morgan fingerprint density at radius 3 is 2.35 bits per heavy atom. The fourth-order valence-electron chi connectivity index (χ4n) is 2.00. The van der Waals surface area contributed by atoms with Crippen molar-refractivity contribution in [3.63, 3.8) is 0 Å². The Morgan fingerprint density at radius 2 is 1.78 bits per heavy atom. The molecule has 8 nitrogen and oxygen atoms in total. The highest BCUT2D eigenvalue weighted by Crippen LogP contribution is 2.21. The van der Waals surface area contributed by atoms with Crippen LogP contribution in [0.1, 0.15) is 19.5 Å². The highest BCUT2D eigenvalue weighted by Gasteiger charge is 2.13. The summed E-state index contributed by atoms with van der Waals surface area (Å²) in [6.45, 7) is 4.51. The summed E-state index contributed by atoms with van der Waals surface area (Å²) >= 11 is 0. The maximum atomic E-state index is 11.2. The number of amides is 2. The summed E-state index contributed by atoms with van der Waals surface area (Å²) in [4.78, 5) is 33.9. The Labute approximate surface area is 133 Å². The van der Waals surface area contributed by atoms with Crippen LogP contribution in [0.5, 0.6) is 5.75 Å². The number of aryl methyl sites for hydroxylation is 1. The zero-order valence-electron chi connectivity index (χ0n) is 13.4. The number of guanidine groups is 1. The molecule has 0 aliphatic rings. The molecule has 1 aromatic heterocycles. The first-order valence-electron chi connectivity index (χ1n) is 6.90. The first-order valence-corrected chi connectivity index (χ1v) is 6.90. The number of carbonyl (C=O) groups is 2. The van der Waals surface area contributed by atoms with Crippen LogP contribution in [0.2, 0.25) is 0 Å². The van der Waals surface area contributed by atoms with Crippen LogP contribution in [0.15, 0.2) is 18.2 Å². The van der Waals surface area contributed by atoms with Crippen LogP contribution in [0.25, 0.3) is 10.9 Å². The van der Waals surface area contributed by atoms with Gasteiger partial charge in [-0.2, -0.15) is 0 Å². The lowest BCUT2D eigenvalue weighted by Crippen LogP contribution is -2.76. The number of methoxy groups -OCH3 is 1. The molecular weight excluding hydrogens is 298 g/mol. The molecule has 2 aromatic rings. The number of benzene rings is 1. The summed E-state index contributed by atoms with van der Waals surface area (Å²) in [6.07, 6.45) is 0. The first-order chi connectivity index (χ1) is 10.9. The number of rotatable bonds is 2. The number of hydrogen-bond acceptors (Lipinski definition) is 5. The van der Waals surface area contributed by atoms with Crippen LogP contribution in [-0.4, -0.2) is 34.9 Å². The molecule has 0 saturated heterocycles. The molecule has 120 valence electrons. The van der Waals surface area contributed by atoms with Gasteiger partial charge in [0.2, 0.25) is 0 Å². The lowest BCUT2D eigenvalue weighted by molar-refractivity contribution is -0.368. The predicted molar refractivity (Wildman–Crippen MR) is 84.1 cm³/mol. The Balaban J connectivity index is 2.47. The number of nitrogens with zero attached hydrogens (tertiary/aromatic N) is 2. The molecule has 8 heteroatoms. The summed E-state index contributed by atoms with van der Waals surface area (Å²) in [7, 11) is 1.59. The van der Waals surface area contributed by atoms with E-state index < -0.39 is 0 Å². The van der Waals surface area contributed by atoms with Gasteiger partial charge in [-0.05, 0) is 25.1 Å². The van der Waals surface area contributed by atoms with Crippen LogP contribution in [-0.2, 0) is 9.59 Å². The minimum absolute atomic E-state index is 0.109. The number of fused-ring (bicyclic) bond motifs is 1. The van der Waals surface area contributed by atoms with E-state index in [1.807, 2.05) is 19.1 Å². The first kappa shape index (κ1) is 16.3. The van der Waals surface area contributed by atoms with Crippen LogP contribution >= 0.6 is 0 Å². The second kappa shape index (κ2) is 6.82. The summed E-state index contributed by atoms with van der Waals surface area (Å²) in [5.41, 5.74) is 1.45. The van der Waals surface area contributed by atoms with Crippen molar-refractivity contribution in [3.8, 4) is 5.75 Å². The maximum Gasteiger partial charge on any atom is 0.354 e. The van der Waals surface area contributed by atoms with Crippen molar-refractivity contribution in [1.29, 1.82) is 0 Å². The van der Waals surface area contributed by atoms with Gasteiger partial charge < -0.3 is 4.74 Å². The fourth-order valence-corrected chi connectivity index (χ4v) is 2.00. The lowest BCUT2D eigenvalue weighted by atomic mass is 10.2. The van der Waals surface area contributed by atoms with E-state index in [0.29, 0.717) is 11.3 Å². The van der Waals surface area contributed by atoms with Crippen molar-refractivity contribution in [2.75, 3.05) is 7.11 Å². The number of carbonyl (C=O) groups excluding carboxylic acids is 2. The van der Waals surface area contributed by atoms with Crippen LogP contribution < -0.4 is 20.4 Å². The number of ether oxygens (including phenoxy) is 1. The Bertz CT molecular complexity index is 783. The van der Waals surface area contributed by atoms with E-state index in [2.05, 4.69) is 25.6 Å². The third kappa shape index (κ3) is 4.22. The Hall–Kier alpha value is -3.03. The number of nitrogens with one attached hydrogen (secondary N) is 3. The smallest absolute Gasteiger partial charge is 0.354 e. The predicted octanol–water partition coefficient (Wildman–Crippen LogP) is -0.713. The average molecular weight is 316 g/mol. The van der Waals surface area contributed by atoms with Gasteiger partial charge in [0.25, 0.3) is 17.8 Å². The fraction of sp³-hybridized carbons (Fsp3) is 0.267. The normalized spacial score (nSPS) is 10.1. The number of hydrogen-bond donors (Lipinski definition) is 3. The molecule has 0 unspecified atom stereocenters. The van der Waals surface area contributed by atoms with E-state index in [1.165, 1.54) is 13.8 Å². The van der Waals surface area contributed by atoms with Crippen LogP contribution in [0.3, 0.4) is 0 Å². The van der Waals surface area contributed by atoms with Crippen LogP contribution in [0, 0.1) is 6.92 Å². The molecule has 0 radical (unpaired) electrons. The molecule has 0 atom stereocenters. The van der Waals surface area contributed by atoms with E-state index in [9.17, 15) is 9.59 Å². The van der Waals surface area contributed by atoms with Gasteiger partial charge in [-0.25, -0.2) is 15.6 Å². The van der Waals surface area contributed by atoms with Gasteiger partial charge >= 0.3 is 5.95 Å². The molecule has 0 spiro atoms. The van der Waals surface area contributed by atoms with E-state index in [4.69, 9.17) is 4.74 Å². The van der Waals surface area contributed by atoms with E-state index in [1.54, 1.807) is 13.2 Å². The topological polar surface area (TPSA) is 107 Å². The Kier molecular flexibility index (Phi) is 4.85. The van der Waals surface area contributed by atoms with E-state index in [-0.39, 0.29) is 23.7 Å². The molecule has 23 heavy (non-hydrogen) atoms. The molecule has 0 fully saturated rings. The van der Waals surface area contributed by atoms with Gasteiger partial charge in [-0.3, -0.25) is 9.59 Å². The van der Waals surface area contributed by atoms with Gasteiger partial charge in [-0.15, -0.1) is 9.97 Å². The third-order valence-electron chi connectivity index (χ3n) is 2.93. The lowest BCUT2D eigenvalue weighted by Gasteiger charge is -2.04. The monoisotopic (exact) mass is 316 g/mol. The minimum atomic E-state index is -0.330. The summed E-state index contributed by atoms with van der Waals surface area (Å²) in [6, 6.07) is 5.45. The molecule has 0 aliphatic heterocycles.